The zero-order chi connectivity index (χ0) is 27.1. The third-order valence-corrected chi connectivity index (χ3v) is 7.21. The SMILES string of the molecule is CN(Cc1ccc(C(F)(F)F)c(F)c1)C1CN(C(=O)c2cccc(F)c2F)CC1c1ccc(Cl)c(Cl)c1. The average molecular weight is 561 g/mol. The molecule has 1 fully saturated rings. The Labute approximate surface area is 219 Å². The van der Waals surface area contributed by atoms with Crippen LogP contribution in [0.25, 0.3) is 0 Å². The van der Waals surface area contributed by atoms with Gasteiger partial charge in [-0.05, 0) is 54.6 Å². The number of alkyl halides is 3. The molecule has 0 aromatic heterocycles. The summed E-state index contributed by atoms with van der Waals surface area (Å²) in [5.41, 5.74) is -0.759. The molecule has 1 amide bonds. The van der Waals surface area contributed by atoms with Crippen molar-refractivity contribution in [1.29, 1.82) is 0 Å². The number of likely N-dealkylation sites (tertiary alicyclic amines) is 1. The van der Waals surface area contributed by atoms with Gasteiger partial charge in [-0.1, -0.05) is 41.4 Å². The predicted molar refractivity (Wildman–Crippen MR) is 128 cm³/mol. The first kappa shape index (κ1) is 27.3. The third-order valence-electron chi connectivity index (χ3n) is 6.47. The maximum absolute atomic E-state index is 14.3. The fraction of sp³-hybridized carbons (Fsp3) is 0.269. The fourth-order valence-electron chi connectivity index (χ4n) is 4.60. The molecule has 0 saturated carbocycles. The lowest BCUT2D eigenvalue weighted by molar-refractivity contribution is -0.140. The van der Waals surface area contributed by atoms with Crippen LogP contribution >= 0.6 is 23.2 Å². The van der Waals surface area contributed by atoms with Gasteiger partial charge in [0.05, 0.1) is 21.2 Å². The highest BCUT2D eigenvalue weighted by Gasteiger charge is 2.40. The van der Waals surface area contributed by atoms with Crippen molar-refractivity contribution in [2.45, 2.75) is 24.7 Å². The molecule has 0 N–H and O–H groups in total. The quantitative estimate of drug-likeness (QED) is 0.309. The molecule has 1 saturated heterocycles. The van der Waals surface area contributed by atoms with E-state index in [4.69, 9.17) is 23.2 Å². The number of amides is 1. The van der Waals surface area contributed by atoms with Crippen LogP contribution in [-0.4, -0.2) is 41.9 Å². The molecule has 2 atom stereocenters. The van der Waals surface area contributed by atoms with E-state index in [-0.39, 0.29) is 30.6 Å². The third kappa shape index (κ3) is 5.73. The van der Waals surface area contributed by atoms with Crippen molar-refractivity contribution in [3.05, 3.63) is 104 Å². The predicted octanol–water partition coefficient (Wildman–Crippen LogP) is 7.17. The zero-order valence-corrected chi connectivity index (χ0v) is 20.8. The van der Waals surface area contributed by atoms with Gasteiger partial charge in [0, 0.05) is 31.6 Å². The number of carbonyl (C=O) groups is 1. The van der Waals surface area contributed by atoms with Crippen molar-refractivity contribution in [3.63, 3.8) is 0 Å². The van der Waals surface area contributed by atoms with Gasteiger partial charge in [0.1, 0.15) is 5.82 Å². The first-order chi connectivity index (χ1) is 17.4. The highest BCUT2D eigenvalue weighted by atomic mass is 35.5. The van der Waals surface area contributed by atoms with Crippen LogP contribution in [0.2, 0.25) is 10.0 Å². The molecule has 2 unspecified atom stereocenters. The van der Waals surface area contributed by atoms with Crippen LogP contribution < -0.4 is 0 Å². The summed E-state index contributed by atoms with van der Waals surface area (Å²) in [4.78, 5) is 16.3. The lowest BCUT2D eigenvalue weighted by atomic mass is 9.93. The number of likely N-dealkylation sites (N-methyl/N-ethyl adjacent to an activating group) is 1. The minimum absolute atomic E-state index is 0.0634. The number of hydrogen-bond acceptors (Lipinski definition) is 2. The summed E-state index contributed by atoms with van der Waals surface area (Å²) in [6.45, 7) is 0.288. The zero-order valence-electron chi connectivity index (χ0n) is 19.3. The van der Waals surface area contributed by atoms with Crippen LogP contribution in [0.15, 0.2) is 54.6 Å². The smallest absolute Gasteiger partial charge is 0.336 e. The highest BCUT2D eigenvalue weighted by Crippen LogP contribution is 2.36. The summed E-state index contributed by atoms with van der Waals surface area (Å²) >= 11 is 12.2. The van der Waals surface area contributed by atoms with Crippen molar-refractivity contribution >= 4 is 29.1 Å². The van der Waals surface area contributed by atoms with E-state index < -0.39 is 46.7 Å². The second-order valence-electron chi connectivity index (χ2n) is 8.89. The molecule has 37 heavy (non-hydrogen) atoms. The maximum Gasteiger partial charge on any atom is 0.419 e. The van der Waals surface area contributed by atoms with Crippen LogP contribution in [0.4, 0.5) is 26.3 Å². The molecule has 1 aliphatic heterocycles. The van der Waals surface area contributed by atoms with Gasteiger partial charge in [-0.25, -0.2) is 13.2 Å². The normalized spacial score (nSPS) is 18.1. The van der Waals surface area contributed by atoms with Crippen molar-refractivity contribution in [1.82, 2.24) is 9.80 Å². The van der Waals surface area contributed by atoms with Gasteiger partial charge in [-0.15, -0.1) is 0 Å². The molecule has 196 valence electrons. The molecule has 1 aliphatic rings. The summed E-state index contributed by atoms with van der Waals surface area (Å²) in [6, 6.07) is 10.6. The van der Waals surface area contributed by atoms with Crippen LogP contribution in [0.5, 0.6) is 0 Å². The second-order valence-corrected chi connectivity index (χ2v) is 9.70. The molecular weight excluding hydrogens is 541 g/mol. The van der Waals surface area contributed by atoms with Crippen molar-refractivity contribution in [3.8, 4) is 0 Å². The number of benzene rings is 3. The lowest BCUT2D eigenvalue weighted by Crippen LogP contribution is -2.38. The monoisotopic (exact) mass is 560 g/mol. The molecule has 4 rings (SSSR count). The van der Waals surface area contributed by atoms with Gasteiger partial charge in [-0.3, -0.25) is 9.69 Å². The molecular formula is C26H20Cl2F6N2O. The summed E-state index contributed by atoms with van der Waals surface area (Å²) in [5.74, 6) is -4.86. The van der Waals surface area contributed by atoms with Gasteiger partial charge in [0.25, 0.3) is 5.91 Å². The van der Waals surface area contributed by atoms with Crippen LogP contribution in [0.3, 0.4) is 0 Å². The minimum Gasteiger partial charge on any atom is -0.336 e. The van der Waals surface area contributed by atoms with Gasteiger partial charge in [0.2, 0.25) is 0 Å². The fourth-order valence-corrected chi connectivity index (χ4v) is 4.91. The van der Waals surface area contributed by atoms with Gasteiger partial charge in [-0.2, -0.15) is 13.2 Å². The maximum atomic E-state index is 14.3. The summed E-state index contributed by atoms with van der Waals surface area (Å²) in [6.07, 6.45) is -4.81. The molecule has 0 bridgehead atoms. The largest absolute Gasteiger partial charge is 0.419 e. The molecule has 3 aromatic carbocycles. The average Bonchev–Trinajstić information content (AvgIpc) is 3.27. The van der Waals surface area contributed by atoms with E-state index in [9.17, 15) is 31.1 Å². The van der Waals surface area contributed by atoms with E-state index in [1.165, 1.54) is 23.1 Å². The minimum atomic E-state index is -4.81. The highest BCUT2D eigenvalue weighted by molar-refractivity contribution is 6.42. The Morgan fingerprint density at radius 1 is 0.973 bits per heavy atom. The summed E-state index contributed by atoms with van der Waals surface area (Å²) in [5, 5.41) is 0.606. The van der Waals surface area contributed by atoms with Crippen LogP contribution in [-0.2, 0) is 12.7 Å². The number of carbonyl (C=O) groups excluding carboxylic acids is 1. The molecule has 1 heterocycles. The number of hydrogen-bond donors (Lipinski definition) is 0. The Kier molecular flexibility index (Phi) is 7.78. The topological polar surface area (TPSA) is 23.6 Å². The van der Waals surface area contributed by atoms with E-state index in [0.717, 1.165) is 17.7 Å². The number of nitrogens with zero attached hydrogens (tertiary/aromatic N) is 2. The van der Waals surface area contributed by atoms with Gasteiger partial charge in [0.15, 0.2) is 11.6 Å². The molecule has 0 aliphatic carbocycles. The Bertz CT molecular complexity index is 1330. The second kappa shape index (κ2) is 10.6. The molecule has 3 aromatic rings. The lowest BCUT2D eigenvalue weighted by Gasteiger charge is -2.29. The van der Waals surface area contributed by atoms with Crippen molar-refractivity contribution in [2.75, 3.05) is 20.1 Å². The Morgan fingerprint density at radius 2 is 1.70 bits per heavy atom. The summed E-state index contributed by atoms with van der Waals surface area (Å²) < 4.78 is 81.1. The Morgan fingerprint density at radius 3 is 2.35 bits per heavy atom. The first-order valence-electron chi connectivity index (χ1n) is 11.1. The van der Waals surface area contributed by atoms with Crippen LogP contribution in [0, 0.1) is 17.5 Å². The first-order valence-corrected chi connectivity index (χ1v) is 11.9. The van der Waals surface area contributed by atoms with Gasteiger partial charge < -0.3 is 4.90 Å². The van der Waals surface area contributed by atoms with E-state index in [2.05, 4.69) is 0 Å². The summed E-state index contributed by atoms with van der Waals surface area (Å²) in [7, 11) is 1.68. The van der Waals surface area contributed by atoms with Gasteiger partial charge >= 0.3 is 6.18 Å². The Hall–Kier alpha value is -2.75. The standard InChI is InChI=1S/C26H20Cl2F6N2O/c1-35(11-14-5-7-18(22(30)9-14)26(32,33)34)23-13-36(25(37)16-3-2-4-21(29)24(16)31)12-17(23)15-6-8-19(27)20(28)10-15/h2-10,17,23H,11-13H2,1H3. The van der Waals surface area contributed by atoms with E-state index in [0.29, 0.717) is 16.7 Å². The van der Waals surface area contributed by atoms with Crippen molar-refractivity contribution in [2.24, 2.45) is 0 Å². The Balaban J connectivity index is 1.63. The van der Waals surface area contributed by atoms with Crippen LogP contribution in [0.1, 0.15) is 33.0 Å². The van der Waals surface area contributed by atoms with E-state index in [1.807, 2.05) is 0 Å². The molecule has 11 heteroatoms. The molecule has 0 radical (unpaired) electrons. The molecule has 0 spiro atoms. The van der Waals surface area contributed by atoms with E-state index in [1.54, 1.807) is 30.1 Å². The van der Waals surface area contributed by atoms with E-state index >= 15 is 0 Å². The number of halogens is 8. The molecule has 3 nitrogen and oxygen atoms in total. The van der Waals surface area contributed by atoms with Crippen molar-refractivity contribution < 1.29 is 31.1 Å². The number of rotatable bonds is 5.